The standard InChI is InChI=1S/C19H9N5S3/c1-4-15-14(21-9-25-15)7-10(1)17-23-13-3-2-12(24-19(13)27-17)18-22-11-5-6-20-8-16(11)26-18/h1-9H. The zero-order chi connectivity index (χ0) is 17.8. The lowest BCUT2D eigenvalue weighted by molar-refractivity contribution is 1.34. The summed E-state index contributed by atoms with van der Waals surface area (Å²) in [5.41, 5.74) is 6.67. The van der Waals surface area contributed by atoms with E-state index in [2.05, 4.69) is 33.2 Å². The summed E-state index contributed by atoms with van der Waals surface area (Å²) in [6, 6.07) is 12.2. The average molecular weight is 404 g/mol. The highest BCUT2D eigenvalue weighted by Crippen LogP contribution is 2.34. The van der Waals surface area contributed by atoms with Gasteiger partial charge in [-0.1, -0.05) is 17.4 Å². The Morgan fingerprint density at radius 2 is 1.70 bits per heavy atom. The molecule has 0 aliphatic rings. The fraction of sp³-hybridized carbons (Fsp3) is 0. The maximum atomic E-state index is 4.81. The molecule has 0 saturated heterocycles. The molecule has 27 heavy (non-hydrogen) atoms. The Bertz CT molecular complexity index is 1410. The normalized spacial score (nSPS) is 11.7. The van der Waals surface area contributed by atoms with Crippen LogP contribution in [0.2, 0.25) is 0 Å². The molecule has 0 N–H and O–H groups in total. The van der Waals surface area contributed by atoms with Crippen molar-refractivity contribution in [3.05, 3.63) is 54.3 Å². The van der Waals surface area contributed by atoms with Crippen molar-refractivity contribution in [2.75, 3.05) is 0 Å². The molecular formula is C19H9N5S3. The van der Waals surface area contributed by atoms with Gasteiger partial charge in [0, 0.05) is 18.0 Å². The number of hydrogen-bond acceptors (Lipinski definition) is 8. The molecule has 0 atom stereocenters. The number of fused-ring (bicyclic) bond motifs is 3. The summed E-state index contributed by atoms with van der Waals surface area (Å²) in [7, 11) is 0. The van der Waals surface area contributed by atoms with Crippen molar-refractivity contribution in [3.8, 4) is 21.3 Å². The van der Waals surface area contributed by atoms with Crippen LogP contribution in [0.3, 0.4) is 0 Å². The molecule has 0 bridgehead atoms. The smallest absolute Gasteiger partial charge is 0.144 e. The van der Waals surface area contributed by atoms with E-state index in [1.54, 1.807) is 40.2 Å². The molecule has 128 valence electrons. The highest BCUT2D eigenvalue weighted by molar-refractivity contribution is 7.22. The van der Waals surface area contributed by atoms with E-state index in [1.165, 1.54) is 4.70 Å². The second-order valence-corrected chi connectivity index (χ2v) is 8.83. The SMILES string of the molecule is c1cc2nc(-c3ccc4nc(-c5ccc6scnc6c5)sc4n3)sc2cn1. The summed E-state index contributed by atoms with van der Waals surface area (Å²) in [5.74, 6) is 0. The molecule has 0 fully saturated rings. The molecule has 6 rings (SSSR count). The molecule has 0 radical (unpaired) electrons. The maximum absolute atomic E-state index is 4.81. The van der Waals surface area contributed by atoms with Gasteiger partial charge in [-0.3, -0.25) is 4.98 Å². The van der Waals surface area contributed by atoms with Crippen molar-refractivity contribution in [1.82, 2.24) is 24.9 Å². The zero-order valence-electron chi connectivity index (χ0n) is 13.7. The Morgan fingerprint density at radius 1 is 0.741 bits per heavy atom. The summed E-state index contributed by atoms with van der Waals surface area (Å²) in [4.78, 5) is 23.7. The van der Waals surface area contributed by atoms with E-state index >= 15 is 0 Å². The van der Waals surface area contributed by atoms with Gasteiger partial charge in [-0.15, -0.1) is 22.7 Å². The van der Waals surface area contributed by atoms with Crippen molar-refractivity contribution in [2.45, 2.75) is 0 Å². The first-order chi connectivity index (χ1) is 13.3. The number of aromatic nitrogens is 5. The minimum atomic E-state index is 0.869. The van der Waals surface area contributed by atoms with E-state index in [0.717, 1.165) is 47.4 Å². The number of rotatable bonds is 2. The fourth-order valence-electron chi connectivity index (χ4n) is 2.94. The van der Waals surface area contributed by atoms with Crippen molar-refractivity contribution >= 4 is 64.8 Å². The molecule has 0 unspecified atom stereocenters. The molecule has 0 saturated carbocycles. The van der Waals surface area contributed by atoms with Crippen LogP contribution < -0.4 is 0 Å². The Hall–Kier alpha value is -2.81. The summed E-state index contributed by atoms with van der Waals surface area (Å²) in [5, 5.41) is 1.86. The van der Waals surface area contributed by atoms with Gasteiger partial charge in [0.2, 0.25) is 0 Å². The molecule has 6 aromatic rings. The summed E-state index contributed by atoms with van der Waals surface area (Å²) < 4.78 is 2.25. The van der Waals surface area contributed by atoms with Gasteiger partial charge >= 0.3 is 0 Å². The van der Waals surface area contributed by atoms with Crippen LogP contribution in [-0.4, -0.2) is 24.9 Å². The van der Waals surface area contributed by atoms with E-state index in [1.807, 2.05) is 29.9 Å². The first kappa shape index (κ1) is 15.3. The lowest BCUT2D eigenvalue weighted by Crippen LogP contribution is -1.81. The number of nitrogens with zero attached hydrogens (tertiary/aromatic N) is 5. The number of thiazole rings is 3. The van der Waals surface area contributed by atoms with E-state index < -0.39 is 0 Å². The molecular weight excluding hydrogens is 394 g/mol. The molecule has 0 aliphatic carbocycles. The van der Waals surface area contributed by atoms with Crippen molar-refractivity contribution < 1.29 is 0 Å². The first-order valence-corrected chi connectivity index (χ1v) is 10.7. The highest BCUT2D eigenvalue weighted by atomic mass is 32.1. The van der Waals surface area contributed by atoms with Crippen molar-refractivity contribution in [1.29, 1.82) is 0 Å². The number of pyridine rings is 2. The van der Waals surface area contributed by atoms with Crippen LogP contribution in [0.5, 0.6) is 0 Å². The molecule has 8 heteroatoms. The van der Waals surface area contributed by atoms with E-state index in [9.17, 15) is 0 Å². The largest absolute Gasteiger partial charge is 0.263 e. The number of benzene rings is 1. The van der Waals surface area contributed by atoms with Gasteiger partial charge in [-0.25, -0.2) is 19.9 Å². The summed E-state index contributed by atoms with van der Waals surface area (Å²) in [6.45, 7) is 0. The van der Waals surface area contributed by atoms with Gasteiger partial charge in [0.15, 0.2) is 0 Å². The Balaban J connectivity index is 1.46. The molecule has 1 aromatic carbocycles. The van der Waals surface area contributed by atoms with Gasteiger partial charge in [-0.05, 0) is 30.3 Å². The highest BCUT2D eigenvalue weighted by Gasteiger charge is 2.12. The molecule has 5 nitrogen and oxygen atoms in total. The van der Waals surface area contributed by atoms with E-state index in [0.29, 0.717) is 0 Å². The topological polar surface area (TPSA) is 64.5 Å². The Morgan fingerprint density at radius 3 is 2.67 bits per heavy atom. The molecule has 5 heterocycles. The van der Waals surface area contributed by atoms with Crippen LogP contribution in [-0.2, 0) is 0 Å². The summed E-state index contributed by atoms with van der Waals surface area (Å²) in [6.07, 6.45) is 3.60. The summed E-state index contributed by atoms with van der Waals surface area (Å²) >= 11 is 4.85. The monoisotopic (exact) mass is 403 g/mol. The zero-order valence-corrected chi connectivity index (χ0v) is 16.1. The van der Waals surface area contributed by atoms with Crippen LogP contribution in [0.4, 0.5) is 0 Å². The quantitative estimate of drug-likeness (QED) is 0.374. The third kappa shape index (κ3) is 2.53. The average Bonchev–Trinajstić information content (AvgIpc) is 3.42. The molecule has 0 aliphatic heterocycles. The second kappa shape index (κ2) is 5.85. The maximum Gasteiger partial charge on any atom is 0.144 e. The van der Waals surface area contributed by atoms with Gasteiger partial charge < -0.3 is 0 Å². The van der Waals surface area contributed by atoms with Gasteiger partial charge in [-0.2, -0.15) is 0 Å². The number of hydrogen-bond donors (Lipinski definition) is 0. The van der Waals surface area contributed by atoms with Crippen molar-refractivity contribution in [3.63, 3.8) is 0 Å². The first-order valence-electron chi connectivity index (χ1n) is 8.16. The van der Waals surface area contributed by atoms with E-state index in [4.69, 9.17) is 9.97 Å². The fourth-order valence-corrected chi connectivity index (χ4v) is 5.44. The van der Waals surface area contributed by atoms with Gasteiger partial charge in [0.25, 0.3) is 0 Å². The van der Waals surface area contributed by atoms with Crippen LogP contribution >= 0.6 is 34.0 Å². The Kier molecular flexibility index (Phi) is 3.31. The van der Waals surface area contributed by atoms with Gasteiger partial charge in [0.1, 0.15) is 26.1 Å². The van der Waals surface area contributed by atoms with Gasteiger partial charge in [0.05, 0.1) is 25.9 Å². The Labute approximate surface area is 165 Å². The van der Waals surface area contributed by atoms with E-state index in [-0.39, 0.29) is 0 Å². The second-order valence-electron chi connectivity index (χ2n) is 5.94. The molecule has 5 aromatic heterocycles. The van der Waals surface area contributed by atoms with Crippen LogP contribution in [0.25, 0.3) is 52.1 Å². The predicted molar refractivity (Wildman–Crippen MR) is 112 cm³/mol. The van der Waals surface area contributed by atoms with Crippen LogP contribution in [0.15, 0.2) is 54.3 Å². The third-order valence-corrected chi connectivity index (χ3v) is 7.10. The lowest BCUT2D eigenvalue weighted by atomic mass is 10.2. The lowest BCUT2D eigenvalue weighted by Gasteiger charge is -1.94. The van der Waals surface area contributed by atoms with Crippen LogP contribution in [0, 0.1) is 0 Å². The molecule has 0 amide bonds. The minimum absolute atomic E-state index is 0.869. The molecule has 0 spiro atoms. The third-order valence-electron chi connectivity index (χ3n) is 4.24. The van der Waals surface area contributed by atoms with Crippen LogP contribution in [0.1, 0.15) is 0 Å². The van der Waals surface area contributed by atoms with Crippen molar-refractivity contribution in [2.24, 2.45) is 0 Å². The minimum Gasteiger partial charge on any atom is -0.263 e. The predicted octanol–water partition coefficient (Wildman–Crippen LogP) is 5.64.